The van der Waals surface area contributed by atoms with E-state index in [-0.39, 0.29) is 0 Å². The van der Waals surface area contributed by atoms with Crippen molar-refractivity contribution in [3.8, 4) is 0 Å². The Balaban J connectivity index is 2.25. The number of hydrogen-bond acceptors (Lipinski definition) is 3. The molecule has 108 valence electrons. The Hall–Kier alpha value is -1.42. The summed E-state index contributed by atoms with van der Waals surface area (Å²) in [4.78, 5) is 1.21. The van der Waals surface area contributed by atoms with Crippen LogP contribution in [-0.4, -0.2) is 9.78 Å². The highest BCUT2D eigenvalue weighted by atomic mass is 32.2. The molecule has 1 aromatic heterocycles. The van der Waals surface area contributed by atoms with Gasteiger partial charge >= 0.3 is 0 Å². The van der Waals surface area contributed by atoms with Gasteiger partial charge in [-0.1, -0.05) is 44.7 Å². The number of aryl methyl sites for hydroxylation is 2. The van der Waals surface area contributed by atoms with Crippen LogP contribution in [0.25, 0.3) is 0 Å². The zero-order chi connectivity index (χ0) is 14.7. The largest absolute Gasteiger partial charge is 0.395 e. The summed E-state index contributed by atoms with van der Waals surface area (Å²) >= 11 is 1.70. The number of benzene rings is 1. The molecule has 0 unspecified atom stereocenters. The van der Waals surface area contributed by atoms with Crippen LogP contribution in [0.1, 0.15) is 44.4 Å². The van der Waals surface area contributed by atoms with Crippen LogP contribution in [0, 0.1) is 6.92 Å². The average molecular weight is 289 g/mol. The van der Waals surface area contributed by atoms with Crippen LogP contribution in [0.5, 0.6) is 0 Å². The molecule has 20 heavy (non-hydrogen) atoms. The highest BCUT2D eigenvalue weighted by Gasteiger charge is 2.13. The van der Waals surface area contributed by atoms with Crippen molar-refractivity contribution in [2.75, 3.05) is 5.73 Å². The number of anilines is 1. The topological polar surface area (TPSA) is 43.8 Å². The molecule has 4 heteroatoms. The minimum atomic E-state index is 0.562. The van der Waals surface area contributed by atoms with Gasteiger partial charge in [-0.05, 0) is 37.0 Å². The van der Waals surface area contributed by atoms with Crippen LogP contribution in [0.15, 0.2) is 34.2 Å². The average Bonchev–Trinajstić information content (AvgIpc) is 2.68. The summed E-state index contributed by atoms with van der Waals surface area (Å²) in [6.45, 7) is 9.44. The van der Waals surface area contributed by atoms with Gasteiger partial charge in [0.25, 0.3) is 0 Å². The summed E-state index contributed by atoms with van der Waals surface area (Å²) in [7, 11) is 0. The lowest BCUT2D eigenvalue weighted by Gasteiger charge is -2.09. The quantitative estimate of drug-likeness (QED) is 0.884. The molecule has 0 fully saturated rings. The Morgan fingerprint density at radius 1 is 1.25 bits per heavy atom. The van der Waals surface area contributed by atoms with E-state index in [0.717, 1.165) is 29.4 Å². The second-order valence-corrected chi connectivity index (χ2v) is 6.42. The molecule has 2 aromatic rings. The van der Waals surface area contributed by atoms with E-state index in [4.69, 9.17) is 5.73 Å². The fraction of sp³-hybridized carbons (Fsp3) is 0.438. The van der Waals surface area contributed by atoms with Crippen molar-refractivity contribution in [3.63, 3.8) is 0 Å². The van der Waals surface area contributed by atoms with E-state index in [0.29, 0.717) is 5.92 Å². The van der Waals surface area contributed by atoms with Crippen LogP contribution in [-0.2, 0) is 6.54 Å². The summed E-state index contributed by atoms with van der Waals surface area (Å²) in [5.41, 5.74) is 9.24. The van der Waals surface area contributed by atoms with Crippen molar-refractivity contribution >= 4 is 17.4 Å². The van der Waals surface area contributed by atoms with E-state index in [1.807, 2.05) is 11.6 Å². The standard InChI is InChI=1S/C16H23N3S/c1-5-10-19-16(15(17)12(4)18-19)20-14-8-6-13(7-9-14)11(2)3/h6-9,11H,5,10,17H2,1-4H3. The second kappa shape index (κ2) is 6.35. The van der Waals surface area contributed by atoms with Crippen LogP contribution < -0.4 is 5.73 Å². The molecular formula is C16H23N3S. The molecule has 0 atom stereocenters. The number of nitrogens with two attached hydrogens (primary N) is 1. The van der Waals surface area contributed by atoms with Crippen molar-refractivity contribution in [1.29, 1.82) is 0 Å². The van der Waals surface area contributed by atoms with Crippen molar-refractivity contribution < 1.29 is 0 Å². The smallest absolute Gasteiger partial charge is 0.122 e. The van der Waals surface area contributed by atoms with Gasteiger partial charge in [0.2, 0.25) is 0 Å². The molecule has 0 aliphatic heterocycles. The minimum Gasteiger partial charge on any atom is -0.395 e. The SMILES string of the molecule is CCCn1nc(C)c(N)c1Sc1ccc(C(C)C)cc1. The molecule has 0 aliphatic rings. The Labute approximate surface area is 125 Å². The van der Waals surface area contributed by atoms with Gasteiger partial charge in [-0.15, -0.1) is 0 Å². The highest BCUT2D eigenvalue weighted by Crippen LogP contribution is 2.34. The zero-order valence-electron chi connectivity index (χ0n) is 12.7. The van der Waals surface area contributed by atoms with Gasteiger partial charge in [-0.25, -0.2) is 0 Å². The van der Waals surface area contributed by atoms with Crippen molar-refractivity contribution in [2.45, 2.75) is 56.5 Å². The van der Waals surface area contributed by atoms with Crippen LogP contribution in [0.2, 0.25) is 0 Å². The van der Waals surface area contributed by atoms with Gasteiger partial charge in [0, 0.05) is 11.4 Å². The molecular weight excluding hydrogens is 266 g/mol. The molecule has 1 aromatic carbocycles. The third-order valence-corrected chi connectivity index (χ3v) is 4.45. The Kier molecular flexibility index (Phi) is 4.76. The van der Waals surface area contributed by atoms with E-state index in [1.165, 1.54) is 10.5 Å². The molecule has 2 rings (SSSR count). The molecule has 0 saturated carbocycles. The van der Waals surface area contributed by atoms with E-state index in [2.05, 4.69) is 50.1 Å². The first-order chi connectivity index (χ1) is 9.52. The fourth-order valence-corrected chi connectivity index (χ4v) is 3.07. The second-order valence-electron chi connectivity index (χ2n) is 5.35. The van der Waals surface area contributed by atoms with Crippen molar-refractivity contribution in [3.05, 3.63) is 35.5 Å². The van der Waals surface area contributed by atoms with Gasteiger partial charge in [-0.2, -0.15) is 5.10 Å². The monoisotopic (exact) mass is 289 g/mol. The van der Waals surface area contributed by atoms with Gasteiger partial charge in [0.15, 0.2) is 0 Å². The molecule has 0 radical (unpaired) electrons. The maximum Gasteiger partial charge on any atom is 0.122 e. The molecule has 0 spiro atoms. The predicted octanol–water partition coefficient (Wildman–Crippen LogP) is 4.46. The molecule has 3 nitrogen and oxygen atoms in total. The van der Waals surface area contributed by atoms with Gasteiger partial charge in [0.1, 0.15) is 5.03 Å². The summed E-state index contributed by atoms with van der Waals surface area (Å²) < 4.78 is 2.02. The number of nitrogen functional groups attached to an aromatic ring is 1. The third kappa shape index (κ3) is 3.18. The van der Waals surface area contributed by atoms with Crippen molar-refractivity contribution in [1.82, 2.24) is 9.78 Å². The lowest BCUT2D eigenvalue weighted by Crippen LogP contribution is -2.01. The Morgan fingerprint density at radius 3 is 2.45 bits per heavy atom. The van der Waals surface area contributed by atoms with Gasteiger partial charge in [0.05, 0.1) is 11.4 Å². The number of nitrogens with zero attached hydrogens (tertiary/aromatic N) is 2. The molecule has 0 amide bonds. The number of rotatable bonds is 5. The van der Waals surface area contributed by atoms with Crippen molar-refractivity contribution in [2.24, 2.45) is 0 Å². The van der Waals surface area contributed by atoms with Gasteiger partial charge < -0.3 is 5.73 Å². The zero-order valence-corrected chi connectivity index (χ0v) is 13.5. The molecule has 2 N–H and O–H groups in total. The van der Waals surface area contributed by atoms with Gasteiger partial charge in [-0.3, -0.25) is 4.68 Å². The van der Waals surface area contributed by atoms with E-state index >= 15 is 0 Å². The Morgan fingerprint density at radius 2 is 1.90 bits per heavy atom. The van der Waals surface area contributed by atoms with E-state index in [1.54, 1.807) is 11.8 Å². The summed E-state index contributed by atoms with van der Waals surface area (Å²) in [5, 5.41) is 5.57. The number of hydrogen-bond donors (Lipinski definition) is 1. The molecule has 1 heterocycles. The third-order valence-electron chi connectivity index (χ3n) is 3.32. The first-order valence-corrected chi connectivity index (χ1v) is 7.95. The molecule has 0 aliphatic carbocycles. The predicted molar refractivity (Wildman–Crippen MR) is 86.3 cm³/mol. The minimum absolute atomic E-state index is 0.562. The first kappa shape index (κ1) is 15.0. The lowest BCUT2D eigenvalue weighted by atomic mass is 10.0. The van der Waals surface area contributed by atoms with E-state index in [9.17, 15) is 0 Å². The normalized spacial score (nSPS) is 11.2. The first-order valence-electron chi connectivity index (χ1n) is 7.13. The van der Waals surface area contributed by atoms with Crippen LogP contribution in [0.3, 0.4) is 0 Å². The lowest BCUT2D eigenvalue weighted by molar-refractivity contribution is 0.556. The maximum atomic E-state index is 6.16. The highest BCUT2D eigenvalue weighted by molar-refractivity contribution is 7.99. The van der Waals surface area contributed by atoms with E-state index < -0.39 is 0 Å². The van der Waals surface area contributed by atoms with Crippen LogP contribution in [0.4, 0.5) is 5.69 Å². The van der Waals surface area contributed by atoms with Crippen LogP contribution >= 0.6 is 11.8 Å². The molecule has 0 bridgehead atoms. The summed E-state index contributed by atoms with van der Waals surface area (Å²) in [6, 6.07) is 8.71. The fourth-order valence-electron chi connectivity index (χ4n) is 2.08. The molecule has 0 saturated heterocycles. The summed E-state index contributed by atoms with van der Waals surface area (Å²) in [6.07, 6.45) is 1.06. The summed E-state index contributed by atoms with van der Waals surface area (Å²) in [5.74, 6) is 0.562. The maximum absolute atomic E-state index is 6.16. The number of aromatic nitrogens is 2. The Bertz CT molecular complexity index is 570.